The molecule has 0 aromatic heterocycles. The summed E-state index contributed by atoms with van der Waals surface area (Å²) in [5.41, 5.74) is -0.764. The summed E-state index contributed by atoms with van der Waals surface area (Å²) >= 11 is 0. The SMILES string of the molecule is COc1ccc(OC)c([C@H](C)NC(=O)CN(c2cccc(C(F)(F)F)c2)S(=O)(=O)c2ccccc2)c1. The van der Waals surface area contributed by atoms with E-state index in [0.717, 1.165) is 12.1 Å². The maximum absolute atomic E-state index is 13.4. The number of sulfonamides is 1. The Balaban J connectivity index is 1.96. The molecule has 1 amide bonds. The van der Waals surface area contributed by atoms with Gasteiger partial charge in [-0.25, -0.2) is 8.42 Å². The standard InChI is InChI=1S/C25H25F3N2O5S/c1-17(22-15-20(34-2)12-13-23(22)35-3)29-24(31)16-30(36(32,33)21-10-5-4-6-11-21)19-9-7-8-18(14-19)25(26,27)28/h4-15,17H,16H2,1-3H3,(H,29,31)/t17-/m0/s1. The van der Waals surface area contributed by atoms with Crippen LogP contribution < -0.4 is 19.1 Å². The minimum absolute atomic E-state index is 0.169. The molecule has 0 aliphatic heterocycles. The molecule has 0 spiro atoms. The average molecular weight is 523 g/mol. The van der Waals surface area contributed by atoms with Gasteiger partial charge in [0.15, 0.2) is 0 Å². The third-order valence-electron chi connectivity index (χ3n) is 5.36. The molecule has 1 atom stereocenters. The number of nitrogens with one attached hydrogen (secondary N) is 1. The molecule has 0 aliphatic carbocycles. The Hall–Kier alpha value is -3.73. The van der Waals surface area contributed by atoms with Crippen molar-refractivity contribution in [3.63, 3.8) is 0 Å². The van der Waals surface area contributed by atoms with Crippen LogP contribution in [0.4, 0.5) is 18.9 Å². The molecule has 3 rings (SSSR count). The van der Waals surface area contributed by atoms with Gasteiger partial charge in [-0.15, -0.1) is 0 Å². The van der Waals surface area contributed by atoms with Crippen LogP contribution >= 0.6 is 0 Å². The number of halogens is 3. The number of methoxy groups -OCH3 is 2. The molecule has 0 aliphatic rings. The van der Waals surface area contributed by atoms with Crippen LogP contribution in [-0.2, 0) is 21.0 Å². The lowest BCUT2D eigenvalue weighted by Crippen LogP contribution is -2.41. The van der Waals surface area contributed by atoms with Crippen molar-refractivity contribution in [2.45, 2.75) is 24.0 Å². The van der Waals surface area contributed by atoms with E-state index in [1.165, 1.54) is 44.6 Å². The Kier molecular flexibility index (Phi) is 8.13. The highest BCUT2D eigenvalue weighted by Crippen LogP contribution is 2.33. The van der Waals surface area contributed by atoms with Crippen LogP contribution in [0.15, 0.2) is 77.7 Å². The molecule has 0 bridgehead atoms. The molecular weight excluding hydrogens is 497 g/mol. The van der Waals surface area contributed by atoms with E-state index in [1.807, 2.05) is 0 Å². The summed E-state index contributed by atoms with van der Waals surface area (Å²) in [6, 6.07) is 15.4. The Labute approximate surface area is 207 Å². The van der Waals surface area contributed by atoms with E-state index in [9.17, 15) is 26.4 Å². The molecule has 0 unspecified atom stereocenters. The molecule has 0 fully saturated rings. The monoisotopic (exact) mass is 522 g/mol. The van der Waals surface area contributed by atoms with Crippen LogP contribution in [0.1, 0.15) is 24.1 Å². The van der Waals surface area contributed by atoms with E-state index in [-0.39, 0.29) is 10.6 Å². The van der Waals surface area contributed by atoms with Crippen LogP contribution in [0.25, 0.3) is 0 Å². The number of rotatable bonds is 9. The van der Waals surface area contributed by atoms with Gasteiger partial charge in [0, 0.05) is 5.56 Å². The third-order valence-corrected chi connectivity index (χ3v) is 7.15. The molecule has 11 heteroatoms. The molecule has 36 heavy (non-hydrogen) atoms. The van der Waals surface area contributed by atoms with Crippen LogP contribution in [0.2, 0.25) is 0 Å². The molecule has 3 aromatic rings. The number of amides is 1. The summed E-state index contributed by atoms with van der Waals surface area (Å²) in [7, 11) is -1.43. The largest absolute Gasteiger partial charge is 0.497 e. The number of hydrogen-bond acceptors (Lipinski definition) is 5. The summed E-state index contributed by atoms with van der Waals surface area (Å²) in [6.45, 7) is 0.907. The number of benzene rings is 3. The summed E-state index contributed by atoms with van der Waals surface area (Å²) in [4.78, 5) is 12.8. The average Bonchev–Trinajstić information content (AvgIpc) is 2.86. The number of carbonyl (C=O) groups is 1. The first-order valence-electron chi connectivity index (χ1n) is 10.7. The van der Waals surface area contributed by atoms with Crippen LogP contribution in [-0.4, -0.2) is 35.1 Å². The highest BCUT2D eigenvalue weighted by atomic mass is 32.2. The van der Waals surface area contributed by atoms with E-state index >= 15 is 0 Å². The van der Waals surface area contributed by atoms with Gasteiger partial charge in [0.05, 0.1) is 36.4 Å². The molecule has 3 aromatic carbocycles. The van der Waals surface area contributed by atoms with Crippen LogP contribution in [0, 0.1) is 0 Å². The normalized spacial score (nSPS) is 12.5. The van der Waals surface area contributed by atoms with Crippen molar-refractivity contribution in [3.05, 3.63) is 83.9 Å². The second-order valence-electron chi connectivity index (χ2n) is 7.77. The second kappa shape index (κ2) is 10.9. The fourth-order valence-corrected chi connectivity index (χ4v) is 4.98. The highest BCUT2D eigenvalue weighted by molar-refractivity contribution is 7.92. The predicted molar refractivity (Wildman–Crippen MR) is 129 cm³/mol. The van der Waals surface area contributed by atoms with Gasteiger partial charge in [-0.2, -0.15) is 13.2 Å². The van der Waals surface area contributed by atoms with E-state index in [1.54, 1.807) is 31.2 Å². The molecule has 0 heterocycles. The maximum atomic E-state index is 13.4. The molecule has 7 nitrogen and oxygen atoms in total. The predicted octanol–water partition coefficient (Wildman–Crippen LogP) is 4.80. The number of hydrogen-bond donors (Lipinski definition) is 1. The molecule has 0 radical (unpaired) electrons. The van der Waals surface area contributed by atoms with Gasteiger partial charge >= 0.3 is 6.18 Å². The minimum Gasteiger partial charge on any atom is -0.497 e. The summed E-state index contributed by atoms with van der Waals surface area (Å²) in [6.07, 6.45) is -4.70. The van der Waals surface area contributed by atoms with E-state index < -0.39 is 40.3 Å². The van der Waals surface area contributed by atoms with Gasteiger partial charge in [0.2, 0.25) is 5.91 Å². The van der Waals surface area contributed by atoms with Crippen molar-refractivity contribution in [2.24, 2.45) is 0 Å². The zero-order chi connectivity index (χ0) is 26.5. The second-order valence-corrected chi connectivity index (χ2v) is 9.63. The summed E-state index contributed by atoms with van der Waals surface area (Å²) in [5.74, 6) is 0.253. The molecule has 0 saturated heterocycles. The number of alkyl halides is 3. The van der Waals surface area contributed by atoms with Crippen molar-refractivity contribution < 1.29 is 35.9 Å². The van der Waals surface area contributed by atoms with Gasteiger partial charge in [-0.1, -0.05) is 24.3 Å². The van der Waals surface area contributed by atoms with Crippen molar-refractivity contribution in [1.29, 1.82) is 0 Å². The number of carbonyl (C=O) groups excluding carboxylic acids is 1. The first kappa shape index (κ1) is 26.9. The molecular formula is C25H25F3N2O5S. The van der Waals surface area contributed by atoms with E-state index in [2.05, 4.69) is 5.32 Å². The van der Waals surface area contributed by atoms with Gasteiger partial charge in [0.1, 0.15) is 18.0 Å². The number of nitrogens with zero attached hydrogens (tertiary/aromatic N) is 1. The lowest BCUT2D eigenvalue weighted by atomic mass is 10.1. The van der Waals surface area contributed by atoms with Crippen LogP contribution in [0.3, 0.4) is 0 Å². The lowest BCUT2D eigenvalue weighted by molar-refractivity contribution is -0.137. The third kappa shape index (κ3) is 6.09. The van der Waals surface area contributed by atoms with E-state index in [4.69, 9.17) is 9.47 Å². The number of ether oxygens (including phenoxy) is 2. The highest BCUT2D eigenvalue weighted by Gasteiger charge is 2.33. The smallest absolute Gasteiger partial charge is 0.416 e. The van der Waals surface area contributed by atoms with E-state index in [0.29, 0.717) is 27.4 Å². The fraction of sp³-hybridized carbons (Fsp3) is 0.240. The van der Waals surface area contributed by atoms with Gasteiger partial charge in [-0.3, -0.25) is 9.10 Å². The Bertz CT molecular complexity index is 1310. The zero-order valence-electron chi connectivity index (χ0n) is 19.7. The summed E-state index contributed by atoms with van der Waals surface area (Å²) in [5, 5.41) is 2.69. The van der Waals surface area contributed by atoms with Crippen molar-refractivity contribution in [1.82, 2.24) is 5.32 Å². The Morgan fingerprint density at radius 1 is 0.972 bits per heavy atom. The fourth-order valence-electron chi connectivity index (χ4n) is 3.55. The maximum Gasteiger partial charge on any atom is 0.416 e. The topological polar surface area (TPSA) is 84.9 Å². The number of anilines is 1. The molecule has 1 N–H and O–H groups in total. The lowest BCUT2D eigenvalue weighted by Gasteiger charge is -2.26. The first-order valence-corrected chi connectivity index (χ1v) is 12.2. The molecule has 0 saturated carbocycles. The van der Waals surface area contributed by atoms with Gasteiger partial charge < -0.3 is 14.8 Å². The van der Waals surface area contributed by atoms with Crippen molar-refractivity contribution >= 4 is 21.6 Å². The molecule has 192 valence electrons. The quantitative estimate of drug-likeness (QED) is 0.437. The zero-order valence-corrected chi connectivity index (χ0v) is 20.6. The van der Waals surface area contributed by atoms with Gasteiger partial charge in [-0.05, 0) is 55.5 Å². The first-order chi connectivity index (χ1) is 17.0. The Morgan fingerprint density at radius 3 is 2.28 bits per heavy atom. The summed E-state index contributed by atoms with van der Waals surface area (Å²) < 4.78 is 78.0. The minimum atomic E-state index is -4.70. The van der Waals surface area contributed by atoms with Crippen molar-refractivity contribution in [2.75, 3.05) is 25.1 Å². The van der Waals surface area contributed by atoms with Crippen LogP contribution in [0.5, 0.6) is 11.5 Å². The Morgan fingerprint density at radius 2 is 1.67 bits per heavy atom. The van der Waals surface area contributed by atoms with Gasteiger partial charge in [0.25, 0.3) is 10.0 Å². The van der Waals surface area contributed by atoms with Crippen molar-refractivity contribution in [3.8, 4) is 11.5 Å².